The van der Waals surface area contributed by atoms with Gasteiger partial charge in [0.15, 0.2) is 5.84 Å². The summed E-state index contributed by atoms with van der Waals surface area (Å²) in [7, 11) is 1.64. The molecular weight excluding hydrogens is 332 g/mol. The summed E-state index contributed by atoms with van der Waals surface area (Å²) in [4.78, 5) is 23.9. The van der Waals surface area contributed by atoms with Crippen LogP contribution < -0.4 is 14.5 Å². The standard InChI is InChI=1S/C18H18N6O2/c1-26-15-6-7-16(19-12-15)24-10-8-23(9-11-24)14-4-2-13(3-5-14)17-20-18(25)22-21-17/h2-7,12H,8-11H2,1H3. The van der Waals surface area contributed by atoms with Gasteiger partial charge >= 0.3 is 6.03 Å². The van der Waals surface area contributed by atoms with Crippen molar-refractivity contribution < 1.29 is 9.53 Å². The fourth-order valence-corrected chi connectivity index (χ4v) is 3.04. The maximum absolute atomic E-state index is 11.1. The molecule has 0 bridgehead atoms. The zero-order valence-corrected chi connectivity index (χ0v) is 14.4. The Kier molecular flexibility index (Phi) is 4.30. The molecular formula is C18H18N6O2. The number of pyridine rings is 1. The second-order valence-electron chi connectivity index (χ2n) is 6.00. The number of ether oxygens (including phenoxy) is 1. The Morgan fingerprint density at radius 1 is 0.923 bits per heavy atom. The summed E-state index contributed by atoms with van der Waals surface area (Å²) < 4.78 is 5.15. The van der Waals surface area contributed by atoms with Crippen LogP contribution in [-0.4, -0.2) is 50.1 Å². The molecule has 2 amide bonds. The van der Waals surface area contributed by atoms with E-state index in [1.165, 1.54) is 0 Å². The lowest BCUT2D eigenvalue weighted by atomic mass is 10.1. The number of carbonyl (C=O) groups is 1. The number of benzene rings is 1. The summed E-state index contributed by atoms with van der Waals surface area (Å²) in [5, 5.41) is 7.18. The molecule has 0 N–H and O–H groups in total. The van der Waals surface area contributed by atoms with Gasteiger partial charge in [0.1, 0.15) is 11.6 Å². The number of piperazine rings is 1. The van der Waals surface area contributed by atoms with E-state index in [4.69, 9.17) is 4.74 Å². The molecule has 4 rings (SSSR count). The molecule has 2 aliphatic heterocycles. The van der Waals surface area contributed by atoms with Crippen molar-refractivity contribution in [1.29, 1.82) is 0 Å². The molecule has 0 radical (unpaired) electrons. The van der Waals surface area contributed by atoms with Crippen LogP contribution in [0.15, 0.2) is 57.8 Å². The molecule has 1 aromatic heterocycles. The van der Waals surface area contributed by atoms with Crippen LogP contribution in [0, 0.1) is 0 Å². The van der Waals surface area contributed by atoms with Gasteiger partial charge in [0, 0.05) is 37.4 Å². The summed E-state index contributed by atoms with van der Waals surface area (Å²) in [5.41, 5.74) is 1.93. The Labute approximate surface area is 150 Å². The maximum Gasteiger partial charge on any atom is 0.387 e. The summed E-state index contributed by atoms with van der Waals surface area (Å²) in [6.45, 7) is 3.62. The van der Waals surface area contributed by atoms with Gasteiger partial charge in [0.05, 0.1) is 13.3 Å². The molecule has 8 nitrogen and oxygen atoms in total. The highest BCUT2D eigenvalue weighted by atomic mass is 16.5. The van der Waals surface area contributed by atoms with Gasteiger partial charge < -0.3 is 14.5 Å². The molecule has 1 saturated heterocycles. The quantitative estimate of drug-likeness (QED) is 0.847. The third-order valence-corrected chi connectivity index (χ3v) is 4.48. The molecule has 0 saturated carbocycles. The second kappa shape index (κ2) is 6.91. The van der Waals surface area contributed by atoms with Gasteiger partial charge in [-0.15, -0.1) is 5.11 Å². The van der Waals surface area contributed by atoms with Gasteiger partial charge in [-0.3, -0.25) is 0 Å². The average Bonchev–Trinajstić information content (AvgIpc) is 3.15. The lowest BCUT2D eigenvalue weighted by Crippen LogP contribution is -2.46. The van der Waals surface area contributed by atoms with Crippen LogP contribution in [-0.2, 0) is 0 Å². The number of hydrogen-bond acceptors (Lipinski definition) is 6. The van der Waals surface area contributed by atoms with E-state index in [1.807, 2.05) is 36.4 Å². The third-order valence-electron chi connectivity index (χ3n) is 4.48. The number of urea groups is 1. The Balaban J connectivity index is 1.39. The molecule has 2 aliphatic rings. The number of azo groups is 1. The molecule has 1 aromatic carbocycles. The van der Waals surface area contributed by atoms with E-state index in [0.717, 1.165) is 49.0 Å². The predicted octanol–water partition coefficient (Wildman–Crippen LogP) is 2.75. The summed E-state index contributed by atoms with van der Waals surface area (Å²) in [5.74, 6) is 2.10. The maximum atomic E-state index is 11.1. The van der Waals surface area contributed by atoms with Gasteiger partial charge in [-0.05, 0) is 36.4 Å². The lowest BCUT2D eigenvalue weighted by molar-refractivity contribution is 0.257. The largest absolute Gasteiger partial charge is 0.495 e. The Morgan fingerprint density at radius 3 is 2.23 bits per heavy atom. The minimum Gasteiger partial charge on any atom is -0.495 e. The van der Waals surface area contributed by atoms with Gasteiger partial charge in [-0.1, -0.05) is 5.11 Å². The number of carbonyl (C=O) groups excluding carboxylic acids is 1. The van der Waals surface area contributed by atoms with Crippen LogP contribution in [0.2, 0.25) is 0 Å². The number of methoxy groups -OCH3 is 1. The van der Waals surface area contributed by atoms with E-state index < -0.39 is 6.03 Å². The highest BCUT2D eigenvalue weighted by Gasteiger charge is 2.19. The van der Waals surface area contributed by atoms with Crippen molar-refractivity contribution in [2.45, 2.75) is 0 Å². The summed E-state index contributed by atoms with van der Waals surface area (Å²) >= 11 is 0. The predicted molar refractivity (Wildman–Crippen MR) is 98.4 cm³/mol. The van der Waals surface area contributed by atoms with Gasteiger partial charge in [-0.25, -0.2) is 9.78 Å². The normalized spacial score (nSPS) is 16.8. The SMILES string of the molecule is COc1ccc(N2CCN(c3ccc(C4=NC(=O)N=N4)cc3)CC2)nc1. The number of hydrogen-bond donors (Lipinski definition) is 0. The number of amides is 2. The van der Waals surface area contributed by atoms with Crippen molar-refractivity contribution in [3.05, 3.63) is 48.2 Å². The first kappa shape index (κ1) is 16.2. The summed E-state index contributed by atoms with van der Waals surface area (Å²) in [6.07, 6.45) is 1.74. The van der Waals surface area contributed by atoms with Crippen LogP contribution in [0.1, 0.15) is 5.56 Å². The minimum absolute atomic E-state index is 0.372. The van der Waals surface area contributed by atoms with E-state index in [9.17, 15) is 4.79 Å². The van der Waals surface area contributed by atoms with Crippen LogP contribution in [0.25, 0.3) is 0 Å². The van der Waals surface area contributed by atoms with Crippen molar-refractivity contribution in [3.63, 3.8) is 0 Å². The van der Waals surface area contributed by atoms with E-state index in [0.29, 0.717) is 5.84 Å². The van der Waals surface area contributed by atoms with E-state index in [1.54, 1.807) is 13.3 Å². The molecule has 2 aromatic rings. The number of amidine groups is 1. The molecule has 0 spiro atoms. The number of aliphatic imine (C=N–C) groups is 1. The van der Waals surface area contributed by atoms with Crippen LogP contribution >= 0.6 is 0 Å². The molecule has 0 atom stereocenters. The molecule has 132 valence electrons. The number of aromatic nitrogens is 1. The van der Waals surface area contributed by atoms with Crippen molar-refractivity contribution in [1.82, 2.24) is 4.98 Å². The van der Waals surface area contributed by atoms with E-state index in [2.05, 4.69) is 30.0 Å². The second-order valence-corrected chi connectivity index (χ2v) is 6.00. The molecule has 0 unspecified atom stereocenters. The molecule has 0 aliphatic carbocycles. The molecule has 26 heavy (non-hydrogen) atoms. The van der Waals surface area contributed by atoms with Crippen LogP contribution in [0.4, 0.5) is 16.3 Å². The number of nitrogens with zero attached hydrogens (tertiary/aromatic N) is 6. The van der Waals surface area contributed by atoms with Crippen molar-refractivity contribution in [3.8, 4) is 5.75 Å². The smallest absolute Gasteiger partial charge is 0.387 e. The van der Waals surface area contributed by atoms with Gasteiger partial charge in [0.25, 0.3) is 0 Å². The Morgan fingerprint density at radius 2 is 1.65 bits per heavy atom. The fourth-order valence-electron chi connectivity index (χ4n) is 3.04. The van der Waals surface area contributed by atoms with Crippen molar-refractivity contribution >= 4 is 23.4 Å². The van der Waals surface area contributed by atoms with E-state index >= 15 is 0 Å². The molecule has 8 heteroatoms. The Hall–Kier alpha value is -3.29. The zero-order chi connectivity index (χ0) is 17.9. The molecule has 1 fully saturated rings. The monoisotopic (exact) mass is 350 g/mol. The topological polar surface area (TPSA) is 82.8 Å². The lowest BCUT2D eigenvalue weighted by Gasteiger charge is -2.36. The highest BCUT2D eigenvalue weighted by molar-refractivity contribution is 6.08. The first-order valence-electron chi connectivity index (χ1n) is 8.38. The fraction of sp³-hybridized carbons (Fsp3) is 0.278. The highest BCUT2D eigenvalue weighted by Crippen LogP contribution is 2.22. The van der Waals surface area contributed by atoms with Gasteiger partial charge in [-0.2, -0.15) is 4.99 Å². The molecule has 3 heterocycles. The van der Waals surface area contributed by atoms with Crippen molar-refractivity contribution in [2.24, 2.45) is 15.2 Å². The van der Waals surface area contributed by atoms with Crippen LogP contribution in [0.3, 0.4) is 0 Å². The van der Waals surface area contributed by atoms with E-state index in [-0.39, 0.29) is 0 Å². The zero-order valence-electron chi connectivity index (χ0n) is 14.4. The minimum atomic E-state index is -0.549. The first-order valence-corrected chi connectivity index (χ1v) is 8.38. The first-order chi connectivity index (χ1) is 12.7. The Bertz CT molecular complexity index is 852. The number of anilines is 2. The van der Waals surface area contributed by atoms with Crippen molar-refractivity contribution in [2.75, 3.05) is 43.1 Å². The summed E-state index contributed by atoms with van der Waals surface area (Å²) in [6, 6.07) is 11.3. The average molecular weight is 350 g/mol. The third kappa shape index (κ3) is 3.26. The van der Waals surface area contributed by atoms with Crippen LogP contribution in [0.5, 0.6) is 5.75 Å². The number of rotatable bonds is 4. The van der Waals surface area contributed by atoms with Gasteiger partial charge in [0.2, 0.25) is 0 Å².